The van der Waals surface area contributed by atoms with Gasteiger partial charge in [-0.15, -0.1) is 0 Å². The Kier molecular flexibility index (Phi) is 5.24. The molecule has 1 unspecified atom stereocenters. The monoisotopic (exact) mass is 393 g/mol. The molecule has 1 aliphatic heterocycles. The Bertz CT molecular complexity index is 1010. The number of benzene rings is 1. The summed E-state index contributed by atoms with van der Waals surface area (Å²) in [5.41, 5.74) is 0.870. The number of pyridine rings is 1. The van der Waals surface area contributed by atoms with Crippen molar-refractivity contribution >= 4 is 29.0 Å². The molecule has 2 heterocycles. The molecule has 7 heteroatoms. The molecule has 1 aliphatic rings. The number of carbonyl (C=O) groups excluding carboxylic acids is 3. The summed E-state index contributed by atoms with van der Waals surface area (Å²) in [6.45, 7) is 6.61. The molecule has 0 bridgehead atoms. The van der Waals surface area contributed by atoms with Crippen molar-refractivity contribution in [3.05, 3.63) is 65.7 Å². The summed E-state index contributed by atoms with van der Waals surface area (Å²) in [7, 11) is 0. The summed E-state index contributed by atoms with van der Waals surface area (Å²) in [5, 5.41) is 13.3. The van der Waals surface area contributed by atoms with Crippen molar-refractivity contribution in [3.8, 4) is 0 Å². The van der Waals surface area contributed by atoms with Crippen LogP contribution in [0.1, 0.15) is 39.3 Å². The van der Waals surface area contributed by atoms with Crippen LogP contribution < -0.4 is 10.2 Å². The van der Waals surface area contributed by atoms with Crippen molar-refractivity contribution in [1.29, 1.82) is 0 Å². The quantitative estimate of drug-likeness (QED) is 0.827. The highest BCUT2D eigenvalue weighted by Gasteiger charge is 2.46. The lowest BCUT2D eigenvalue weighted by atomic mass is 9.82. The zero-order valence-electron chi connectivity index (χ0n) is 16.8. The fourth-order valence-corrected chi connectivity index (χ4v) is 3.31. The first-order valence-electron chi connectivity index (χ1n) is 9.20. The summed E-state index contributed by atoms with van der Waals surface area (Å²) in [5.74, 6) is -1.79. The topological polar surface area (TPSA) is 99.6 Å². The van der Waals surface area contributed by atoms with E-state index in [-0.39, 0.29) is 17.3 Å². The summed E-state index contributed by atoms with van der Waals surface area (Å²) >= 11 is 0. The van der Waals surface area contributed by atoms with Crippen LogP contribution in [0.5, 0.6) is 0 Å². The van der Waals surface area contributed by atoms with Gasteiger partial charge in [-0.3, -0.25) is 24.3 Å². The number of aromatic nitrogens is 1. The normalized spacial score (nSPS) is 16.9. The zero-order chi connectivity index (χ0) is 21.3. The van der Waals surface area contributed by atoms with Gasteiger partial charge in [-0.25, -0.2) is 0 Å². The molecule has 29 heavy (non-hydrogen) atoms. The average molecular weight is 393 g/mol. The summed E-state index contributed by atoms with van der Waals surface area (Å²) < 4.78 is 0. The Hall–Kier alpha value is -3.48. The maximum atomic E-state index is 13.1. The predicted octanol–water partition coefficient (Wildman–Crippen LogP) is 3.56. The number of nitrogens with zero attached hydrogens (tertiary/aromatic N) is 2. The van der Waals surface area contributed by atoms with Gasteiger partial charge in [-0.05, 0) is 35.9 Å². The molecule has 7 nitrogen and oxygen atoms in total. The second-order valence-corrected chi connectivity index (χ2v) is 7.93. The fraction of sp³-hybridized carbons (Fsp3) is 0.273. The number of nitrogens with one attached hydrogen (secondary N) is 1. The molecular weight excluding hydrogens is 370 g/mol. The van der Waals surface area contributed by atoms with Crippen LogP contribution in [0.25, 0.3) is 0 Å². The SMILES string of the molecule is CC(=O)Nc1cccc(N2C(=O)C(O)=C(C(=O)C(C)(C)C)C2c2ccncc2)c1. The van der Waals surface area contributed by atoms with Crippen LogP contribution in [0.4, 0.5) is 11.4 Å². The molecule has 0 spiro atoms. The van der Waals surface area contributed by atoms with Gasteiger partial charge >= 0.3 is 0 Å². The molecule has 2 aromatic rings. The van der Waals surface area contributed by atoms with Gasteiger partial charge < -0.3 is 10.4 Å². The minimum absolute atomic E-state index is 0.0543. The molecule has 0 saturated carbocycles. The minimum Gasteiger partial charge on any atom is -0.503 e. The van der Waals surface area contributed by atoms with Crippen LogP contribution >= 0.6 is 0 Å². The molecule has 0 fully saturated rings. The molecule has 2 N–H and O–H groups in total. The second-order valence-electron chi connectivity index (χ2n) is 7.93. The summed E-state index contributed by atoms with van der Waals surface area (Å²) in [6.07, 6.45) is 3.14. The van der Waals surface area contributed by atoms with Crippen molar-refractivity contribution < 1.29 is 19.5 Å². The van der Waals surface area contributed by atoms with Gasteiger partial charge in [0.25, 0.3) is 5.91 Å². The lowest BCUT2D eigenvalue weighted by Gasteiger charge is -2.29. The number of hydrogen-bond donors (Lipinski definition) is 2. The van der Waals surface area contributed by atoms with E-state index >= 15 is 0 Å². The van der Waals surface area contributed by atoms with Crippen molar-refractivity contribution in [3.63, 3.8) is 0 Å². The van der Waals surface area contributed by atoms with Gasteiger partial charge in [0.05, 0.1) is 11.6 Å². The molecule has 150 valence electrons. The number of aliphatic hydroxyl groups is 1. The molecule has 1 aromatic heterocycles. The molecule has 3 rings (SSSR count). The van der Waals surface area contributed by atoms with E-state index in [1.54, 1.807) is 69.6 Å². The molecule has 0 radical (unpaired) electrons. The fourth-order valence-electron chi connectivity index (χ4n) is 3.31. The number of ketones is 1. The Morgan fingerprint density at radius 2 is 1.79 bits per heavy atom. The summed E-state index contributed by atoms with van der Waals surface area (Å²) in [6, 6.07) is 9.32. The second kappa shape index (κ2) is 7.50. The van der Waals surface area contributed by atoms with Gasteiger partial charge in [0.2, 0.25) is 5.91 Å². The van der Waals surface area contributed by atoms with Crippen LogP contribution in [0, 0.1) is 5.41 Å². The Morgan fingerprint density at radius 3 is 2.38 bits per heavy atom. The molecule has 2 amide bonds. The number of carbonyl (C=O) groups is 3. The zero-order valence-corrected chi connectivity index (χ0v) is 16.8. The lowest BCUT2D eigenvalue weighted by molar-refractivity contribution is -0.123. The van der Waals surface area contributed by atoms with E-state index in [2.05, 4.69) is 10.3 Å². The first-order chi connectivity index (χ1) is 13.6. The smallest absolute Gasteiger partial charge is 0.294 e. The molecule has 0 saturated heterocycles. The van der Waals surface area contributed by atoms with Crippen molar-refractivity contribution in [2.45, 2.75) is 33.7 Å². The average Bonchev–Trinajstić information content (AvgIpc) is 2.92. The third kappa shape index (κ3) is 3.89. The van der Waals surface area contributed by atoms with E-state index < -0.39 is 23.1 Å². The molecular formula is C22H23N3O4. The summed E-state index contributed by atoms with van der Waals surface area (Å²) in [4.78, 5) is 42.9. The van der Waals surface area contributed by atoms with Crippen LogP contribution in [-0.2, 0) is 14.4 Å². The maximum absolute atomic E-state index is 13.1. The first-order valence-corrected chi connectivity index (χ1v) is 9.20. The third-order valence-corrected chi connectivity index (χ3v) is 4.60. The number of rotatable bonds is 4. The highest BCUT2D eigenvalue weighted by Crippen LogP contribution is 2.43. The maximum Gasteiger partial charge on any atom is 0.294 e. The van der Waals surface area contributed by atoms with Gasteiger partial charge in [-0.2, -0.15) is 0 Å². The van der Waals surface area contributed by atoms with Gasteiger partial charge in [0.1, 0.15) is 0 Å². The number of aliphatic hydroxyl groups excluding tert-OH is 1. The number of hydrogen-bond acceptors (Lipinski definition) is 5. The van der Waals surface area contributed by atoms with E-state index in [9.17, 15) is 19.5 Å². The lowest BCUT2D eigenvalue weighted by Crippen LogP contribution is -2.32. The highest BCUT2D eigenvalue weighted by molar-refractivity contribution is 6.17. The highest BCUT2D eigenvalue weighted by atomic mass is 16.3. The minimum atomic E-state index is -0.801. The van der Waals surface area contributed by atoms with E-state index in [0.29, 0.717) is 16.9 Å². The van der Waals surface area contributed by atoms with Gasteiger partial charge in [-0.1, -0.05) is 26.8 Å². The molecule has 1 aromatic carbocycles. The van der Waals surface area contributed by atoms with Crippen LogP contribution in [-0.4, -0.2) is 27.7 Å². The first kappa shape index (κ1) is 20.3. The van der Waals surface area contributed by atoms with Crippen molar-refractivity contribution in [1.82, 2.24) is 4.98 Å². The number of anilines is 2. The largest absolute Gasteiger partial charge is 0.503 e. The number of amides is 2. The Balaban J connectivity index is 2.16. The predicted molar refractivity (Wildman–Crippen MR) is 109 cm³/mol. The van der Waals surface area contributed by atoms with E-state index in [4.69, 9.17) is 0 Å². The van der Waals surface area contributed by atoms with Gasteiger partial charge in [0, 0.05) is 36.1 Å². The van der Waals surface area contributed by atoms with Crippen LogP contribution in [0.15, 0.2) is 60.1 Å². The van der Waals surface area contributed by atoms with E-state index in [1.165, 1.54) is 11.8 Å². The van der Waals surface area contributed by atoms with Crippen LogP contribution in [0.3, 0.4) is 0 Å². The Morgan fingerprint density at radius 1 is 1.14 bits per heavy atom. The van der Waals surface area contributed by atoms with Crippen LogP contribution in [0.2, 0.25) is 0 Å². The van der Waals surface area contributed by atoms with Crippen molar-refractivity contribution in [2.75, 3.05) is 10.2 Å². The Labute approximate surface area is 169 Å². The van der Waals surface area contributed by atoms with Crippen molar-refractivity contribution in [2.24, 2.45) is 5.41 Å². The molecule has 1 atom stereocenters. The standard InChI is InChI=1S/C22H23N3O4/c1-13(26)24-15-6-5-7-16(12-15)25-18(14-8-10-23-11-9-14)17(19(27)21(25)29)20(28)22(2,3)4/h5-12,18,27H,1-4H3,(H,24,26). The third-order valence-electron chi connectivity index (χ3n) is 4.60. The molecule has 0 aliphatic carbocycles. The van der Waals surface area contributed by atoms with Gasteiger partial charge in [0.15, 0.2) is 11.5 Å². The van der Waals surface area contributed by atoms with E-state index in [0.717, 1.165) is 0 Å². The van der Waals surface area contributed by atoms with E-state index in [1.807, 2.05) is 0 Å². The number of Topliss-reactive ketones (excluding diaryl/α,β-unsaturated/α-hetero) is 1.